The molecular formula is C19H22N2O2. The van der Waals surface area contributed by atoms with Crippen LogP contribution in [0.25, 0.3) is 10.8 Å². The number of nitrogens with one attached hydrogen (secondary N) is 2. The van der Waals surface area contributed by atoms with Crippen molar-refractivity contribution >= 4 is 16.8 Å². The van der Waals surface area contributed by atoms with Crippen molar-refractivity contribution in [1.29, 1.82) is 0 Å². The standard InChI is InChI=1S/C19H22N2O2/c1-3-11-20-19(22)21-12-10-16-7-5-6-15-8-9-17(14-18(15)16)23-13-4-2/h2,5-9,14H,3,10-13H2,1H3,(H2,20,21,22). The second kappa shape index (κ2) is 8.70. The highest BCUT2D eigenvalue weighted by molar-refractivity contribution is 5.87. The van der Waals surface area contributed by atoms with Crippen LogP contribution >= 0.6 is 0 Å². The van der Waals surface area contributed by atoms with E-state index in [4.69, 9.17) is 11.2 Å². The average Bonchev–Trinajstić information content (AvgIpc) is 2.58. The Morgan fingerprint density at radius 3 is 2.83 bits per heavy atom. The number of ether oxygens (including phenoxy) is 1. The molecule has 0 fully saturated rings. The fraction of sp³-hybridized carbons (Fsp3) is 0.316. The number of carbonyl (C=O) groups is 1. The number of benzene rings is 2. The molecule has 2 aromatic rings. The molecule has 0 aliphatic heterocycles. The van der Waals surface area contributed by atoms with Gasteiger partial charge in [0.15, 0.2) is 0 Å². The maximum atomic E-state index is 11.6. The van der Waals surface area contributed by atoms with Gasteiger partial charge in [-0.2, -0.15) is 0 Å². The van der Waals surface area contributed by atoms with Gasteiger partial charge in [0.05, 0.1) is 0 Å². The van der Waals surface area contributed by atoms with Gasteiger partial charge < -0.3 is 15.4 Å². The Labute approximate surface area is 137 Å². The molecule has 0 bridgehead atoms. The fourth-order valence-corrected chi connectivity index (χ4v) is 2.36. The van der Waals surface area contributed by atoms with Gasteiger partial charge in [-0.15, -0.1) is 6.42 Å². The minimum Gasteiger partial charge on any atom is -0.481 e. The minimum atomic E-state index is -0.120. The number of amides is 2. The lowest BCUT2D eigenvalue weighted by Gasteiger charge is -2.10. The van der Waals surface area contributed by atoms with Crippen LogP contribution in [-0.2, 0) is 6.42 Å². The maximum absolute atomic E-state index is 11.6. The van der Waals surface area contributed by atoms with Gasteiger partial charge in [-0.1, -0.05) is 37.1 Å². The summed E-state index contributed by atoms with van der Waals surface area (Å²) in [6, 6.07) is 12.0. The van der Waals surface area contributed by atoms with Gasteiger partial charge in [0.25, 0.3) is 0 Å². The highest BCUT2D eigenvalue weighted by atomic mass is 16.5. The van der Waals surface area contributed by atoms with Crippen LogP contribution in [0.15, 0.2) is 36.4 Å². The van der Waals surface area contributed by atoms with Crippen LogP contribution in [0, 0.1) is 12.3 Å². The molecule has 0 aliphatic carbocycles. The van der Waals surface area contributed by atoms with Crippen molar-refractivity contribution < 1.29 is 9.53 Å². The van der Waals surface area contributed by atoms with E-state index in [0.29, 0.717) is 13.1 Å². The first kappa shape index (κ1) is 16.7. The normalized spacial score (nSPS) is 10.1. The van der Waals surface area contributed by atoms with Crippen LogP contribution in [0.3, 0.4) is 0 Å². The Kier molecular flexibility index (Phi) is 6.31. The van der Waals surface area contributed by atoms with Crippen LogP contribution in [-0.4, -0.2) is 25.7 Å². The largest absolute Gasteiger partial charge is 0.481 e. The molecule has 0 heterocycles. The van der Waals surface area contributed by atoms with Crippen LogP contribution in [0.1, 0.15) is 18.9 Å². The molecule has 0 radical (unpaired) electrons. The van der Waals surface area contributed by atoms with Crippen molar-refractivity contribution in [3.63, 3.8) is 0 Å². The summed E-state index contributed by atoms with van der Waals surface area (Å²) < 4.78 is 5.49. The Morgan fingerprint density at radius 1 is 1.22 bits per heavy atom. The molecule has 4 nitrogen and oxygen atoms in total. The number of hydrogen-bond donors (Lipinski definition) is 2. The summed E-state index contributed by atoms with van der Waals surface area (Å²) in [5.74, 6) is 3.23. The SMILES string of the molecule is C#CCOc1ccc2cccc(CCNC(=O)NCCC)c2c1. The van der Waals surface area contributed by atoms with E-state index in [0.717, 1.165) is 29.4 Å². The van der Waals surface area contributed by atoms with E-state index in [-0.39, 0.29) is 12.6 Å². The number of carbonyl (C=O) groups excluding carboxylic acids is 1. The predicted octanol–water partition coefficient (Wildman–Crippen LogP) is 3.10. The third-order valence-corrected chi connectivity index (χ3v) is 3.48. The van der Waals surface area contributed by atoms with Gasteiger partial charge in [0.1, 0.15) is 12.4 Å². The highest BCUT2D eigenvalue weighted by Gasteiger charge is 2.04. The topological polar surface area (TPSA) is 50.4 Å². The number of hydrogen-bond acceptors (Lipinski definition) is 2. The van der Waals surface area contributed by atoms with E-state index in [1.165, 1.54) is 5.56 Å². The van der Waals surface area contributed by atoms with Crippen LogP contribution < -0.4 is 15.4 Å². The van der Waals surface area contributed by atoms with E-state index in [9.17, 15) is 4.79 Å². The van der Waals surface area contributed by atoms with E-state index in [1.807, 2.05) is 31.2 Å². The van der Waals surface area contributed by atoms with Gasteiger partial charge in [-0.05, 0) is 41.3 Å². The minimum absolute atomic E-state index is 0.120. The third-order valence-electron chi connectivity index (χ3n) is 3.48. The zero-order chi connectivity index (χ0) is 16.5. The molecule has 0 aliphatic rings. The molecule has 0 atom stereocenters. The number of terminal acetylenes is 1. The zero-order valence-electron chi connectivity index (χ0n) is 13.4. The number of fused-ring (bicyclic) bond motifs is 1. The predicted molar refractivity (Wildman–Crippen MR) is 93.7 cm³/mol. The highest BCUT2D eigenvalue weighted by Crippen LogP contribution is 2.24. The molecule has 0 aromatic heterocycles. The summed E-state index contributed by atoms with van der Waals surface area (Å²) in [5, 5.41) is 7.94. The van der Waals surface area contributed by atoms with Crippen molar-refractivity contribution in [2.45, 2.75) is 19.8 Å². The molecule has 0 saturated heterocycles. The summed E-state index contributed by atoms with van der Waals surface area (Å²) in [7, 11) is 0. The maximum Gasteiger partial charge on any atom is 0.314 e. The molecule has 23 heavy (non-hydrogen) atoms. The van der Waals surface area contributed by atoms with E-state index in [1.54, 1.807) is 0 Å². The van der Waals surface area contributed by atoms with Gasteiger partial charge in [0, 0.05) is 13.1 Å². The van der Waals surface area contributed by atoms with Gasteiger partial charge in [0.2, 0.25) is 0 Å². The quantitative estimate of drug-likeness (QED) is 0.772. The summed E-state index contributed by atoms with van der Waals surface area (Å²) in [6.45, 7) is 3.56. The van der Waals surface area contributed by atoms with Crippen LogP contribution in [0.2, 0.25) is 0 Å². The molecule has 120 valence electrons. The lowest BCUT2D eigenvalue weighted by Crippen LogP contribution is -2.36. The van der Waals surface area contributed by atoms with Crippen molar-refractivity contribution in [3.8, 4) is 18.1 Å². The monoisotopic (exact) mass is 310 g/mol. The molecule has 4 heteroatoms. The first-order valence-corrected chi connectivity index (χ1v) is 7.84. The molecule has 2 rings (SSSR count). The Morgan fingerprint density at radius 2 is 2.04 bits per heavy atom. The van der Waals surface area contributed by atoms with Crippen LogP contribution in [0.4, 0.5) is 4.79 Å². The molecule has 0 unspecified atom stereocenters. The zero-order valence-corrected chi connectivity index (χ0v) is 13.4. The fourth-order valence-electron chi connectivity index (χ4n) is 2.36. The summed E-state index contributed by atoms with van der Waals surface area (Å²) in [4.78, 5) is 11.6. The van der Waals surface area contributed by atoms with Crippen molar-refractivity contribution in [1.82, 2.24) is 10.6 Å². The van der Waals surface area contributed by atoms with Crippen molar-refractivity contribution in [3.05, 3.63) is 42.0 Å². The summed E-state index contributed by atoms with van der Waals surface area (Å²) in [5.41, 5.74) is 1.17. The average molecular weight is 310 g/mol. The molecule has 2 aromatic carbocycles. The Bertz CT molecular complexity index is 704. The van der Waals surface area contributed by atoms with Crippen molar-refractivity contribution in [2.24, 2.45) is 0 Å². The lowest BCUT2D eigenvalue weighted by molar-refractivity contribution is 0.241. The van der Waals surface area contributed by atoms with E-state index < -0.39 is 0 Å². The van der Waals surface area contributed by atoms with Crippen molar-refractivity contribution in [2.75, 3.05) is 19.7 Å². The molecular weight excluding hydrogens is 288 g/mol. The molecule has 0 spiro atoms. The smallest absolute Gasteiger partial charge is 0.314 e. The molecule has 2 N–H and O–H groups in total. The Balaban J connectivity index is 2.04. The number of rotatable bonds is 7. The third kappa shape index (κ3) is 4.93. The number of urea groups is 1. The first-order valence-electron chi connectivity index (χ1n) is 7.84. The Hall–Kier alpha value is -2.67. The molecule has 2 amide bonds. The van der Waals surface area contributed by atoms with Crippen LogP contribution in [0.5, 0.6) is 5.75 Å². The van der Waals surface area contributed by atoms with Gasteiger partial charge in [-0.25, -0.2) is 4.79 Å². The second-order valence-electron chi connectivity index (χ2n) is 5.23. The van der Waals surface area contributed by atoms with E-state index in [2.05, 4.69) is 28.7 Å². The van der Waals surface area contributed by atoms with Gasteiger partial charge >= 0.3 is 6.03 Å². The molecule has 0 saturated carbocycles. The van der Waals surface area contributed by atoms with E-state index >= 15 is 0 Å². The first-order chi connectivity index (χ1) is 11.2. The second-order valence-corrected chi connectivity index (χ2v) is 5.23. The lowest BCUT2D eigenvalue weighted by atomic mass is 10.0. The summed E-state index contributed by atoms with van der Waals surface area (Å²) in [6.07, 6.45) is 6.91. The van der Waals surface area contributed by atoms with Gasteiger partial charge in [-0.3, -0.25) is 0 Å². The summed E-state index contributed by atoms with van der Waals surface area (Å²) >= 11 is 0.